The van der Waals surface area contributed by atoms with Crippen LogP contribution in [0.5, 0.6) is 0 Å². The van der Waals surface area contributed by atoms with Crippen LogP contribution in [0.15, 0.2) is 34.3 Å². The Morgan fingerprint density at radius 2 is 1.75 bits per heavy atom. The monoisotopic (exact) mass is 482 g/mol. The quantitative estimate of drug-likeness (QED) is 0.665. The van der Waals surface area contributed by atoms with E-state index in [1.54, 1.807) is 0 Å². The molecule has 2 fully saturated rings. The highest BCUT2D eigenvalue weighted by Gasteiger charge is 2.37. The van der Waals surface area contributed by atoms with E-state index in [1.807, 2.05) is 0 Å². The summed E-state index contributed by atoms with van der Waals surface area (Å²) in [4.78, 5) is 25.1. The number of nitrogens with zero attached hydrogens (tertiary/aromatic N) is 3. The van der Waals surface area contributed by atoms with Crippen molar-refractivity contribution in [1.82, 2.24) is 9.31 Å². The van der Waals surface area contributed by atoms with Crippen molar-refractivity contribution in [2.75, 3.05) is 29.9 Å². The molecule has 0 saturated carbocycles. The topological polar surface area (TPSA) is 133 Å². The first-order valence-electron chi connectivity index (χ1n) is 10.7. The number of sulfone groups is 1. The molecule has 2 saturated heterocycles. The van der Waals surface area contributed by atoms with Crippen molar-refractivity contribution >= 4 is 43.1 Å². The average Bonchev–Trinajstić information content (AvgIpc) is 3.14. The number of piperidine rings is 1. The molecule has 0 radical (unpaired) electrons. The second-order valence-electron chi connectivity index (χ2n) is 8.29. The molecule has 1 atom stereocenters. The first kappa shape index (κ1) is 22.9. The lowest BCUT2D eigenvalue weighted by Gasteiger charge is -2.27. The summed E-state index contributed by atoms with van der Waals surface area (Å²) in [5.41, 5.74) is 0.543. The van der Waals surface area contributed by atoms with E-state index >= 15 is 0 Å². The van der Waals surface area contributed by atoms with Crippen LogP contribution in [0.4, 0.5) is 5.69 Å². The summed E-state index contributed by atoms with van der Waals surface area (Å²) >= 11 is 0. The lowest BCUT2D eigenvalue weighted by Crippen LogP contribution is -2.42. The van der Waals surface area contributed by atoms with Crippen LogP contribution in [0.25, 0.3) is 0 Å². The second kappa shape index (κ2) is 8.91. The Balaban J connectivity index is 1.44. The van der Waals surface area contributed by atoms with Gasteiger partial charge in [0.1, 0.15) is 5.71 Å². The van der Waals surface area contributed by atoms with Crippen molar-refractivity contribution in [2.45, 2.75) is 49.5 Å². The number of nitrogens with one attached hydrogen (secondary N) is 1. The number of carbonyl (C=O) groups excluding carboxylic acids is 2. The number of rotatable bonds is 5. The van der Waals surface area contributed by atoms with Gasteiger partial charge >= 0.3 is 0 Å². The molecule has 3 heterocycles. The van der Waals surface area contributed by atoms with Crippen molar-refractivity contribution in [3.8, 4) is 0 Å². The van der Waals surface area contributed by atoms with Crippen molar-refractivity contribution in [3.05, 3.63) is 24.3 Å². The Morgan fingerprint density at radius 1 is 1.06 bits per heavy atom. The molecule has 1 N–H and O–H groups in total. The minimum absolute atomic E-state index is 0.00514. The molecule has 174 valence electrons. The standard InChI is InChI=1S/C20H26N4O6S2/c25-19-9-8-18(22-24(19)16-10-13-31(27,28)14-16)20(26)21-15-4-6-17(7-5-15)32(29,30)23-11-2-1-3-12-23/h4-7,16H,1-3,8-14H2,(H,21,26)/t16-/m0/s1. The van der Waals surface area contributed by atoms with E-state index < -0.39 is 31.8 Å². The summed E-state index contributed by atoms with van der Waals surface area (Å²) in [5, 5.41) is 7.96. The smallest absolute Gasteiger partial charge is 0.271 e. The molecular weight excluding hydrogens is 456 g/mol. The molecule has 2 amide bonds. The third kappa shape index (κ3) is 4.86. The van der Waals surface area contributed by atoms with Gasteiger partial charge in [-0.25, -0.2) is 21.8 Å². The maximum absolute atomic E-state index is 12.7. The fourth-order valence-corrected chi connectivity index (χ4v) is 7.37. The van der Waals surface area contributed by atoms with Gasteiger partial charge in [-0.05, 0) is 43.5 Å². The fourth-order valence-electron chi connectivity index (χ4n) is 4.16. The largest absolute Gasteiger partial charge is 0.321 e. The third-order valence-electron chi connectivity index (χ3n) is 5.94. The fraction of sp³-hybridized carbons (Fsp3) is 0.550. The zero-order chi connectivity index (χ0) is 22.9. The van der Waals surface area contributed by atoms with E-state index in [9.17, 15) is 26.4 Å². The van der Waals surface area contributed by atoms with Crippen molar-refractivity contribution < 1.29 is 26.4 Å². The van der Waals surface area contributed by atoms with Gasteiger partial charge in [-0.2, -0.15) is 9.41 Å². The predicted molar refractivity (Wildman–Crippen MR) is 118 cm³/mol. The number of hydrazone groups is 1. The number of hydrogen-bond acceptors (Lipinski definition) is 7. The Bertz CT molecular complexity index is 1140. The normalized spacial score (nSPS) is 24.2. The molecule has 0 aromatic heterocycles. The van der Waals surface area contributed by atoms with E-state index in [-0.39, 0.29) is 40.9 Å². The molecule has 1 aromatic carbocycles. The second-order valence-corrected chi connectivity index (χ2v) is 12.5. The number of benzene rings is 1. The van der Waals surface area contributed by atoms with Crippen molar-refractivity contribution in [3.63, 3.8) is 0 Å². The van der Waals surface area contributed by atoms with Crippen LogP contribution in [0, 0.1) is 0 Å². The molecule has 0 aliphatic carbocycles. The molecule has 1 aromatic rings. The van der Waals surface area contributed by atoms with Gasteiger partial charge in [-0.3, -0.25) is 9.59 Å². The summed E-state index contributed by atoms with van der Waals surface area (Å²) in [6.07, 6.45) is 3.27. The summed E-state index contributed by atoms with van der Waals surface area (Å²) in [7, 11) is -6.75. The van der Waals surface area contributed by atoms with Crippen LogP contribution in [0.3, 0.4) is 0 Å². The summed E-state index contributed by atoms with van der Waals surface area (Å²) < 4.78 is 50.4. The predicted octanol–water partition coefficient (Wildman–Crippen LogP) is 0.965. The number of amides is 2. The van der Waals surface area contributed by atoms with Gasteiger partial charge in [0.05, 0.1) is 22.4 Å². The van der Waals surface area contributed by atoms with E-state index in [1.165, 1.54) is 28.6 Å². The highest BCUT2D eigenvalue weighted by Crippen LogP contribution is 2.24. The molecular formula is C20H26N4O6S2. The first-order chi connectivity index (χ1) is 15.2. The number of hydrogen-bond donors (Lipinski definition) is 1. The van der Waals surface area contributed by atoms with E-state index in [2.05, 4.69) is 10.4 Å². The average molecular weight is 483 g/mol. The van der Waals surface area contributed by atoms with Gasteiger partial charge in [0.15, 0.2) is 9.84 Å². The lowest BCUT2D eigenvalue weighted by atomic mass is 10.1. The van der Waals surface area contributed by atoms with Crippen LogP contribution in [-0.4, -0.2) is 74.3 Å². The Morgan fingerprint density at radius 3 is 2.38 bits per heavy atom. The van der Waals surface area contributed by atoms with Crippen molar-refractivity contribution in [2.24, 2.45) is 5.10 Å². The van der Waals surface area contributed by atoms with Crippen LogP contribution in [0.1, 0.15) is 38.5 Å². The van der Waals surface area contributed by atoms with Gasteiger partial charge in [-0.1, -0.05) is 6.42 Å². The Hall–Kier alpha value is -2.31. The van der Waals surface area contributed by atoms with E-state index in [4.69, 9.17) is 0 Å². The zero-order valence-corrected chi connectivity index (χ0v) is 19.2. The number of carbonyl (C=O) groups is 2. The first-order valence-corrected chi connectivity index (χ1v) is 13.9. The minimum Gasteiger partial charge on any atom is -0.321 e. The molecule has 3 aliphatic heterocycles. The van der Waals surface area contributed by atoms with Gasteiger partial charge in [0.2, 0.25) is 15.9 Å². The molecule has 3 aliphatic rings. The maximum atomic E-state index is 12.7. The summed E-state index contributed by atoms with van der Waals surface area (Å²) in [6, 6.07) is 5.41. The minimum atomic E-state index is -3.56. The SMILES string of the molecule is O=C(Nc1ccc(S(=O)(=O)N2CCCCC2)cc1)C1=NN([C@H]2CCS(=O)(=O)C2)C(=O)CC1. The summed E-state index contributed by atoms with van der Waals surface area (Å²) in [6.45, 7) is 1.02. The van der Waals surface area contributed by atoms with Crippen LogP contribution < -0.4 is 5.32 Å². The van der Waals surface area contributed by atoms with Gasteiger partial charge < -0.3 is 5.32 Å². The van der Waals surface area contributed by atoms with Gasteiger partial charge in [0, 0.05) is 31.6 Å². The Labute approximate surface area is 187 Å². The van der Waals surface area contributed by atoms with E-state index in [0.29, 0.717) is 25.2 Å². The molecule has 0 spiro atoms. The maximum Gasteiger partial charge on any atom is 0.271 e. The highest BCUT2D eigenvalue weighted by atomic mass is 32.2. The molecule has 0 bridgehead atoms. The van der Waals surface area contributed by atoms with Crippen LogP contribution in [-0.2, 0) is 29.4 Å². The zero-order valence-electron chi connectivity index (χ0n) is 17.6. The molecule has 4 rings (SSSR count). The van der Waals surface area contributed by atoms with Gasteiger partial charge in [-0.15, -0.1) is 0 Å². The number of anilines is 1. The third-order valence-corrected chi connectivity index (χ3v) is 9.60. The molecule has 10 nitrogen and oxygen atoms in total. The molecule has 0 unspecified atom stereocenters. The molecule has 12 heteroatoms. The summed E-state index contributed by atoms with van der Waals surface area (Å²) in [5.74, 6) is -0.944. The van der Waals surface area contributed by atoms with Gasteiger partial charge in [0.25, 0.3) is 5.91 Å². The molecule has 32 heavy (non-hydrogen) atoms. The van der Waals surface area contributed by atoms with E-state index in [0.717, 1.165) is 24.3 Å². The number of sulfonamides is 1. The van der Waals surface area contributed by atoms with Crippen molar-refractivity contribution in [1.29, 1.82) is 0 Å². The lowest BCUT2D eigenvalue weighted by molar-refractivity contribution is -0.133. The Kier molecular flexibility index (Phi) is 6.37. The highest BCUT2D eigenvalue weighted by molar-refractivity contribution is 7.91. The van der Waals surface area contributed by atoms with Crippen LogP contribution >= 0.6 is 0 Å². The van der Waals surface area contributed by atoms with Crippen LogP contribution in [0.2, 0.25) is 0 Å².